The molecule has 4 heterocycles. The highest BCUT2D eigenvalue weighted by atomic mass is 32.1. The molecule has 1 fully saturated rings. The molecular weight excluding hydrogens is 404 g/mol. The lowest BCUT2D eigenvalue weighted by Gasteiger charge is -2.07. The molecule has 2 N–H and O–H groups in total. The molecule has 1 saturated carbocycles. The molecule has 0 unspecified atom stereocenters. The standard InChI is InChI=1S/C20H18N6O3S/c1-2-12-8-18(27)23-20(21-12)26-17(10-13(24-26)16-4-3-7-30-16)22-19(28)14-9-15(29-25-14)11-5-6-11/h3-4,7-11H,2,5-6H2,1H3,(H,22,28)(H,21,23,27). The van der Waals surface area contributed by atoms with Crippen molar-refractivity contribution >= 4 is 23.1 Å². The minimum Gasteiger partial charge on any atom is -0.360 e. The maximum absolute atomic E-state index is 12.8. The quantitative estimate of drug-likeness (QED) is 0.492. The Morgan fingerprint density at radius 2 is 2.23 bits per heavy atom. The van der Waals surface area contributed by atoms with Crippen molar-refractivity contribution in [2.75, 3.05) is 5.32 Å². The van der Waals surface area contributed by atoms with Gasteiger partial charge in [-0.15, -0.1) is 11.3 Å². The van der Waals surface area contributed by atoms with Crippen LogP contribution in [0.4, 0.5) is 5.82 Å². The van der Waals surface area contributed by atoms with E-state index in [1.807, 2.05) is 24.4 Å². The van der Waals surface area contributed by atoms with Gasteiger partial charge in [-0.1, -0.05) is 18.1 Å². The van der Waals surface area contributed by atoms with E-state index in [0.29, 0.717) is 29.5 Å². The Labute approximate surface area is 174 Å². The molecule has 0 spiro atoms. The summed E-state index contributed by atoms with van der Waals surface area (Å²) in [5, 5.41) is 13.2. The Bertz CT molecular complexity index is 1270. The number of aromatic nitrogens is 5. The van der Waals surface area contributed by atoms with Gasteiger partial charge in [0.15, 0.2) is 5.69 Å². The van der Waals surface area contributed by atoms with Crippen LogP contribution in [0, 0.1) is 0 Å². The molecule has 1 amide bonds. The normalized spacial score (nSPS) is 13.5. The zero-order valence-electron chi connectivity index (χ0n) is 16.1. The molecule has 0 aromatic carbocycles. The van der Waals surface area contributed by atoms with Crippen LogP contribution in [0.2, 0.25) is 0 Å². The first kappa shape index (κ1) is 18.5. The number of aryl methyl sites for hydroxylation is 1. The van der Waals surface area contributed by atoms with E-state index < -0.39 is 5.91 Å². The van der Waals surface area contributed by atoms with E-state index in [9.17, 15) is 9.59 Å². The zero-order chi connectivity index (χ0) is 20.7. The topological polar surface area (TPSA) is 119 Å². The Morgan fingerprint density at radius 3 is 2.97 bits per heavy atom. The number of amides is 1. The molecule has 4 aromatic rings. The van der Waals surface area contributed by atoms with E-state index >= 15 is 0 Å². The number of anilines is 1. The van der Waals surface area contributed by atoms with Crippen molar-refractivity contribution in [1.82, 2.24) is 24.9 Å². The van der Waals surface area contributed by atoms with Gasteiger partial charge in [0.25, 0.3) is 11.5 Å². The van der Waals surface area contributed by atoms with Gasteiger partial charge >= 0.3 is 0 Å². The second-order valence-corrected chi connectivity index (χ2v) is 8.01. The number of carbonyl (C=O) groups excluding carboxylic acids is 1. The molecule has 0 saturated heterocycles. The number of H-pyrrole nitrogens is 1. The minimum atomic E-state index is -0.418. The van der Waals surface area contributed by atoms with Crippen LogP contribution in [-0.2, 0) is 6.42 Å². The van der Waals surface area contributed by atoms with Crippen molar-refractivity contribution in [3.8, 4) is 16.5 Å². The fourth-order valence-corrected chi connectivity index (χ4v) is 3.77. The molecule has 1 aliphatic carbocycles. The summed E-state index contributed by atoms with van der Waals surface area (Å²) in [4.78, 5) is 32.9. The van der Waals surface area contributed by atoms with E-state index in [4.69, 9.17) is 4.52 Å². The van der Waals surface area contributed by atoms with Gasteiger partial charge in [-0.05, 0) is 30.7 Å². The highest BCUT2D eigenvalue weighted by molar-refractivity contribution is 7.13. The zero-order valence-corrected chi connectivity index (χ0v) is 16.9. The molecule has 0 bridgehead atoms. The molecule has 4 aromatic heterocycles. The average molecular weight is 422 g/mol. The summed E-state index contributed by atoms with van der Waals surface area (Å²) < 4.78 is 6.71. The second-order valence-electron chi connectivity index (χ2n) is 7.06. The van der Waals surface area contributed by atoms with Crippen LogP contribution in [0.3, 0.4) is 0 Å². The highest BCUT2D eigenvalue weighted by Gasteiger charge is 2.29. The third kappa shape index (κ3) is 3.57. The number of nitrogens with one attached hydrogen (secondary N) is 2. The number of aromatic amines is 1. The van der Waals surface area contributed by atoms with E-state index in [1.165, 1.54) is 22.1 Å². The van der Waals surface area contributed by atoms with Crippen LogP contribution in [0.15, 0.2) is 45.0 Å². The van der Waals surface area contributed by atoms with Gasteiger partial charge in [0, 0.05) is 29.8 Å². The van der Waals surface area contributed by atoms with Crippen molar-refractivity contribution in [2.45, 2.75) is 32.1 Å². The number of hydrogen-bond acceptors (Lipinski definition) is 7. The van der Waals surface area contributed by atoms with Gasteiger partial charge in [0.1, 0.15) is 17.3 Å². The van der Waals surface area contributed by atoms with Gasteiger partial charge in [-0.25, -0.2) is 4.98 Å². The summed E-state index contributed by atoms with van der Waals surface area (Å²) in [5.41, 5.74) is 1.20. The van der Waals surface area contributed by atoms with Crippen molar-refractivity contribution < 1.29 is 9.32 Å². The number of rotatable bonds is 6. The number of thiophene rings is 1. The first-order chi connectivity index (χ1) is 14.6. The molecular formula is C20H18N6O3S. The van der Waals surface area contributed by atoms with Crippen LogP contribution in [0.25, 0.3) is 16.5 Å². The predicted octanol–water partition coefficient (Wildman–Crippen LogP) is 3.36. The smallest absolute Gasteiger partial charge is 0.279 e. The Balaban J connectivity index is 1.53. The number of nitrogens with zero attached hydrogens (tertiary/aromatic N) is 4. The molecule has 1 aliphatic rings. The summed E-state index contributed by atoms with van der Waals surface area (Å²) in [6.07, 6.45) is 2.71. The van der Waals surface area contributed by atoms with Crippen molar-refractivity contribution in [3.63, 3.8) is 0 Å². The van der Waals surface area contributed by atoms with E-state index in [1.54, 1.807) is 12.1 Å². The summed E-state index contributed by atoms with van der Waals surface area (Å²) in [7, 11) is 0. The number of hydrogen-bond donors (Lipinski definition) is 2. The monoisotopic (exact) mass is 422 g/mol. The average Bonchev–Trinajstić information content (AvgIpc) is 3.16. The number of carbonyl (C=O) groups is 1. The Hall–Kier alpha value is -3.53. The lowest BCUT2D eigenvalue weighted by molar-refractivity contribution is 0.101. The molecule has 9 nitrogen and oxygen atoms in total. The highest BCUT2D eigenvalue weighted by Crippen LogP contribution is 2.40. The van der Waals surface area contributed by atoms with Crippen molar-refractivity contribution in [1.29, 1.82) is 0 Å². The maximum Gasteiger partial charge on any atom is 0.279 e. The molecule has 30 heavy (non-hydrogen) atoms. The second kappa shape index (κ2) is 7.38. The lowest BCUT2D eigenvalue weighted by Crippen LogP contribution is -2.19. The van der Waals surface area contributed by atoms with Gasteiger partial charge < -0.3 is 9.84 Å². The lowest BCUT2D eigenvalue weighted by atomic mass is 10.3. The molecule has 0 aliphatic heterocycles. The van der Waals surface area contributed by atoms with Gasteiger partial charge in [-0.3, -0.25) is 14.6 Å². The first-order valence-electron chi connectivity index (χ1n) is 9.63. The first-order valence-corrected chi connectivity index (χ1v) is 10.5. The van der Waals surface area contributed by atoms with Crippen LogP contribution >= 0.6 is 11.3 Å². The van der Waals surface area contributed by atoms with Gasteiger partial charge in [0.05, 0.1) is 4.88 Å². The fourth-order valence-electron chi connectivity index (χ4n) is 3.09. The van der Waals surface area contributed by atoms with E-state index in [0.717, 1.165) is 23.5 Å². The molecule has 0 atom stereocenters. The predicted molar refractivity (Wildman–Crippen MR) is 111 cm³/mol. The van der Waals surface area contributed by atoms with Crippen LogP contribution in [-0.4, -0.2) is 30.8 Å². The van der Waals surface area contributed by atoms with Crippen LogP contribution in [0.1, 0.15) is 47.6 Å². The van der Waals surface area contributed by atoms with E-state index in [-0.39, 0.29) is 17.2 Å². The summed E-state index contributed by atoms with van der Waals surface area (Å²) in [6.45, 7) is 1.91. The van der Waals surface area contributed by atoms with Gasteiger partial charge in [0.2, 0.25) is 5.95 Å². The summed E-state index contributed by atoms with van der Waals surface area (Å²) in [5.74, 6) is 1.28. The third-order valence-corrected chi connectivity index (χ3v) is 5.70. The molecule has 5 rings (SSSR count). The molecule has 152 valence electrons. The Kier molecular flexibility index (Phi) is 4.55. The van der Waals surface area contributed by atoms with Crippen LogP contribution in [0.5, 0.6) is 0 Å². The molecule has 0 radical (unpaired) electrons. The third-order valence-electron chi connectivity index (χ3n) is 4.81. The van der Waals surface area contributed by atoms with E-state index in [2.05, 4.69) is 25.5 Å². The van der Waals surface area contributed by atoms with Gasteiger partial charge in [-0.2, -0.15) is 9.78 Å². The summed E-state index contributed by atoms with van der Waals surface area (Å²) >= 11 is 1.52. The van der Waals surface area contributed by atoms with Crippen LogP contribution < -0.4 is 10.9 Å². The van der Waals surface area contributed by atoms with Crippen molar-refractivity contribution in [2.24, 2.45) is 0 Å². The fraction of sp³-hybridized carbons (Fsp3) is 0.250. The van der Waals surface area contributed by atoms with Crippen molar-refractivity contribution in [3.05, 3.63) is 63.2 Å². The Morgan fingerprint density at radius 1 is 1.37 bits per heavy atom. The minimum absolute atomic E-state index is 0.200. The summed E-state index contributed by atoms with van der Waals surface area (Å²) in [6, 6.07) is 8.71. The largest absolute Gasteiger partial charge is 0.360 e. The maximum atomic E-state index is 12.8. The SMILES string of the molecule is CCc1cc(=O)[nH]c(-n2nc(-c3cccs3)cc2NC(=O)c2cc(C3CC3)on2)n1. The molecule has 10 heteroatoms.